The van der Waals surface area contributed by atoms with Gasteiger partial charge in [-0.15, -0.1) is 21.8 Å². The quantitative estimate of drug-likeness (QED) is 0.328. The molecule has 0 aliphatic heterocycles. The summed E-state index contributed by atoms with van der Waals surface area (Å²) >= 11 is 6.61. The molecule has 2 amide bonds. The summed E-state index contributed by atoms with van der Waals surface area (Å²) < 4.78 is 38.3. The smallest absolute Gasteiger partial charge is 0.314 e. The monoisotopic (exact) mass is 588 g/mol. The second-order valence-electron chi connectivity index (χ2n) is 9.52. The van der Waals surface area contributed by atoms with Crippen LogP contribution >= 0.6 is 11.6 Å². The number of hydrogen-bond donors (Lipinski definition) is 2. The Morgan fingerprint density at radius 1 is 1.32 bits per heavy atom. The van der Waals surface area contributed by atoms with Crippen molar-refractivity contribution in [2.75, 3.05) is 12.4 Å². The molecular formula is C27H27ClF2N6O5. The Bertz CT molecular complexity index is 1580. The van der Waals surface area contributed by atoms with Crippen LogP contribution in [-0.4, -0.2) is 43.5 Å². The fourth-order valence-corrected chi connectivity index (χ4v) is 4.61. The number of allylic oxidation sites excluding steroid dienone is 4. The number of methoxy groups -OCH3 is 1. The van der Waals surface area contributed by atoms with Crippen LogP contribution in [0.2, 0.25) is 0 Å². The minimum absolute atomic E-state index is 0.0369. The van der Waals surface area contributed by atoms with Crippen LogP contribution in [0, 0.1) is 0 Å². The number of halogens is 3. The van der Waals surface area contributed by atoms with Gasteiger partial charge in [-0.25, -0.2) is 4.98 Å². The Labute approximate surface area is 238 Å². The van der Waals surface area contributed by atoms with Crippen molar-refractivity contribution in [1.29, 1.82) is 0 Å². The molecule has 2 unspecified atom stereocenters. The number of nitrogens with two attached hydrogens (primary N) is 1. The molecule has 0 fully saturated rings. The highest BCUT2D eigenvalue weighted by atomic mass is 35.5. The van der Waals surface area contributed by atoms with Crippen molar-refractivity contribution in [1.82, 2.24) is 19.7 Å². The van der Waals surface area contributed by atoms with Gasteiger partial charge in [0.15, 0.2) is 0 Å². The van der Waals surface area contributed by atoms with E-state index in [4.69, 9.17) is 26.5 Å². The number of aromatic nitrogens is 4. The molecule has 41 heavy (non-hydrogen) atoms. The first-order valence-corrected chi connectivity index (χ1v) is 12.9. The summed E-state index contributed by atoms with van der Waals surface area (Å²) in [5.41, 5.74) is 6.15. The standard InChI is InChI=1S/C27H27ClF2N6O5/c1-4-5-19(24(39)33-14-6-7-18(23(31)38)32-12-14)36-13-20(40-3)16(10-21(36)37)17-11-27(2,28)9-8-15(17)25-34-35-26(41-25)22(29)30/h6-10,12-13,19,22H,4-5,11H2,1-3H3,(H2,31,38)(H,33,39). The summed E-state index contributed by atoms with van der Waals surface area (Å²) in [5.74, 6) is -1.97. The zero-order valence-corrected chi connectivity index (χ0v) is 23.1. The maximum atomic E-state index is 13.5. The molecule has 2 atom stereocenters. The summed E-state index contributed by atoms with van der Waals surface area (Å²) in [6, 6.07) is 3.22. The van der Waals surface area contributed by atoms with Gasteiger partial charge in [0.2, 0.25) is 11.8 Å². The molecular weight excluding hydrogens is 562 g/mol. The fourth-order valence-electron chi connectivity index (χ4n) is 4.41. The predicted molar refractivity (Wildman–Crippen MR) is 147 cm³/mol. The molecule has 0 saturated carbocycles. The average Bonchev–Trinajstić information content (AvgIpc) is 3.42. The van der Waals surface area contributed by atoms with E-state index in [1.165, 1.54) is 42.3 Å². The number of amides is 2. The molecule has 0 spiro atoms. The van der Waals surface area contributed by atoms with E-state index in [0.29, 0.717) is 35.2 Å². The Morgan fingerprint density at radius 2 is 2.07 bits per heavy atom. The summed E-state index contributed by atoms with van der Waals surface area (Å²) in [6.45, 7) is 3.62. The lowest BCUT2D eigenvalue weighted by Crippen LogP contribution is -2.33. The molecule has 3 heterocycles. The highest BCUT2D eigenvalue weighted by molar-refractivity contribution is 6.26. The number of anilines is 1. The number of carbonyl (C=O) groups is 2. The number of nitrogens with zero attached hydrogens (tertiary/aromatic N) is 4. The maximum absolute atomic E-state index is 13.5. The number of pyridine rings is 2. The Hall–Kier alpha value is -4.39. The minimum atomic E-state index is -2.96. The van der Waals surface area contributed by atoms with Crippen molar-refractivity contribution in [3.8, 4) is 5.75 Å². The molecule has 0 bridgehead atoms. The average molecular weight is 589 g/mol. The third kappa shape index (κ3) is 6.51. The lowest BCUT2D eigenvalue weighted by molar-refractivity contribution is -0.119. The number of rotatable bonds is 10. The van der Waals surface area contributed by atoms with Gasteiger partial charge in [0.1, 0.15) is 17.5 Å². The van der Waals surface area contributed by atoms with Crippen LogP contribution in [0.25, 0.3) is 11.1 Å². The van der Waals surface area contributed by atoms with E-state index in [1.54, 1.807) is 19.1 Å². The second kappa shape index (κ2) is 12.0. The molecule has 11 nitrogen and oxygen atoms in total. The van der Waals surface area contributed by atoms with Gasteiger partial charge < -0.3 is 20.2 Å². The van der Waals surface area contributed by atoms with Gasteiger partial charge in [-0.3, -0.25) is 19.0 Å². The third-order valence-corrected chi connectivity index (χ3v) is 6.64. The lowest BCUT2D eigenvalue weighted by Gasteiger charge is -2.27. The summed E-state index contributed by atoms with van der Waals surface area (Å²) in [5, 5.41) is 9.86. The minimum Gasteiger partial charge on any atom is -0.495 e. The molecule has 1 aliphatic carbocycles. The molecule has 216 valence electrons. The molecule has 3 N–H and O–H groups in total. The molecule has 4 rings (SSSR count). The summed E-state index contributed by atoms with van der Waals surface area (Å²) in [4.78, 5) is 41.1. The van der Waals surface area contributed by atoms with Gasteiger partial charge in [-0.1, -0.05) is 25.5 Å². The number of alkyl halides is 3. The Balaban J connectivity index is 1.76. The zero-order chi connectivity index (χ0) is 29.9. The zero-order valence-electron chi connectivity index (χ0n) is 22.4. The van der Waals surface area contributed by atoms with E-state index in [2.05, 4.69) is 20.5 Å². The highest BCUT2D eigenvalue weighted by Gasteiger charge is 2.32. The van der Waals surface area contributed by atoms with Crippen molar-refractivity contribution in [3.05, 3.63) is 76.1 Å². The topological polar surface area (TPSA) is 155 Å². The van der Waals surface area contributed by atoms with E-state index in [1.807, 2.05) is 6.92 Å². The fraction of sp³-hybridized carbons (Fsp3) is 0.333. The van der Waals surface area contributed by atoms with E-state index in [9.17, 15) is 23.2 Å². The summed E-state index contributed by atoms with van der Waals surface area (Å²) in [7, 11) is 1.40. The first-order valence-electron chi connectivity index (χ1n) is 12.5. The second-order valence-corrected chi connectivity index (χ2v) is 10.4. The van der Waals surface area contributed by atoms with E-state index < -0.39 is 40.6 Å². The van der Waals surface area contributed by atoms with Crippen LogP contribution in [0.5, 0.6) is 5.75 Å². The van der Waals surface area contributed by atoms with Crippen molar-refractivity contribution >= 4 is 40.2 Å². The van der Waals surface area contributed by atoms with Crippen LogP contribution in [0.4, 0.5) is 14.5 Å². The molecule has 0 radical (unpaired) electrons. The van der Waals surface area contributed by atoms with Crippen molar-refractivity contribution in [2.24, 2.45) is 5.73 Å². The number of primary amides is 1. The summed E-state index contributed by atoms with van der Waals surface area (Å²) in [6.07, 6.45) is 4.06. The molecule has 3 aromatic rings. The van der Waals surface area contributed by atoms with Gasteiger partial charge >= 0.3 is 6.43 Å². The van der Waals surface area contributed by atoms with Crippen molar-refractivity contribution in [2.45, 2.75) is 50.5 Å². The predicted octanol–water partition coefficient (Wildman–Crippen LogP) is 4.52. The van der Waals surface area contributed by atoms with Crippen LogP contribution in [-0.2, 0) is 4.79 Å². The highest BCUT2D eigenvalue weighted by Crippen LogP contribution is 2.43. The van der Waals surface area contributed by atoms with Gasteiger partial charge in [-0.05, 0) is 37.5 Å². The van der Waals surface area contributed by atoms with Crippen molar-refractivity contribution in [3.63, 3.8) is 0 Å². The number of hydrogen-bond acceptors (Lipinski definition) is 8. The first-order chi connectivity index (χ1) is 19.4. The molecule has 3 aromatic heterocycles. The molecule has 0 saturated heterocycles. The largest absolute Gasteiger partial charge is 0.495 e. The first kappa shape index (κ1) is 29.6. The van der Waals surface area contributed by atoms with Crippen LogP contribution in [0.15, 0.2) is 52.0 Å². The van der Waals surface area contributed by atoms with Gasteiger partial charge in [0, 0.05) is 17.2 Å². The van der Waals surface area contributed by atoms with Gasteiger partial charge in [0.05, 0.1) is 30.1 Å². The lowest BCUT2D eigenvalue weighted by atomic mass is 9.85. The molecule has 0 aromatic carbocycles. The van der Waals surface area contributed by atoms with E-state index in [0.717, 1.165) is 0 Å². The van der Waals surface area contributed by atoms with Gasteiger partial charge in [-0.2, -0.15) is 8.78 Å². The van der Waals surface area contributed by atoms with Crippen LogP contribution < -0.4 is 21.3 Å². The Kier molecular flexibility index (Phi) is 8.66. The van der Waals surface area contributed by atoms with E-state index >= 15 is 0 Å². The van der Waals surface area contributed by atoms with Gasteiger partial charge in [0.25, 0.3) is 17.4 Å². The van der Waals surface area contributed by atoms with Crippen LogP contribution in [0.3, 0.4) is 0 Å². The van der Waals surface area contributed by atoms with E-state index in [-0.39, 0.29) is 23.8 Å². The van der Waals surface area contributed by atoms with Crippen molar-refractivity contribution < 1.29 is 27.5 Å². The molecule has 14 heteroatoms. The van der Waals surface area contributed by atoms with Crippen LogP contribution in [0.1, 0.15) is 73.4 Å². The number of carbonyl (C=O) groups excluding carboxylic acids is 2. The molecule has 1 aliphatic rings. The normalized spacial score (nSPS) is 17.5. The SMILES string of the molecule is CCCC(C(=O)Nc1ccc(C(N)=O)nc1)n1cc(OC)c(C2=C(c3nnc(C(F)F)o3)C=CC(C)(Cl)C2)cc1=O. The number of nitrogens with one attached hydrogen (secondary N) is 1. The maximum Gasteiger partial charge on any atom is 0.314 e. The Morgan fingerprint density at radius 3 is 2.66 bits per heavy atom. The third-order valence-electron chi connectivity index (χ3n) is 6.38. The number of ether oxygens (including phenoxy) is 1.